The molecule has 0 unspecified atom stereocenters. The second-order valence-corrected chi connectivity index (χ2v) is 4.72. The van der Waals surface area contributed by atoms with Gasteiger partial charge in [0, 0.05) is 17.1 Å². The first-order chi connectivity index (χ1) is 10.2. The third-order valence-corrected chi connectivity index (χ3v) is 3.31. The number of rotatable bonds is 4. The minimum atomic E-state index is -1.46. The van der Waals surface area contributed by atoms with Gasteiger partial charge in [0.25, 0.3) is 0 Å². The van der Waals surface area contributed by atoms with E-state index in [1.807, 2.05) is 30.3 Å². The number of pyridine rings is 1. The first-order valence-corrected chi connectivity index (χ1v) is 6.65. The van der Waals surface area contributed by atoms with Crippen LogP contribution in [0.2, 0.25) is 0 Å². The first kappa shape index (κ1) is 13.6. The quantitative estimate of drug-likeness (QED) is 0.710. The smallest absolute Gasteiger partial charge is 0.488 e. The maximum atomic E-state index is 9.05. The van der Waals surface area contributed by atoms with Gasteiger partial charge in [-0.2, -0.15) is 0 Å². The monoisotopic (exact) mass is 279 g/mol. The van der Waals surface area contributed by atoms with Crippen LogP contribution in [0.3, 0.4) is 0 Å². The van der Waals surface area contributed by atoms with Crippen LogP contribution in [0.25, 0.3) is 10.9 Å². The van der Waals surface area contributed by atoms with E-state index in [-0.39, 0.29) is 0 Å². The molecule has 0 aliphatic rings. The highest BCUT2D eigenvalue weighted by atomic mass is 16.5. The van der Waals surface area contributed by atoms with E-state index in [9.17, 15) is 0 Å². The lowest BCUT2D eigenvalue weighted by molar-refractivity contribution is 0.307. The van der Waals surface area contributed by atoms with Crippen molar-refractivity contribution in [3.05, 3.63) is 66.4 Å². The third-order valence-electron chi connectivity index (χ3n) is 3.31. The van der Waals surface area contributed by atoms with E-state index in [1.54, 1.807) is 30.5 Å². The summed E-state index contributed by atoms with van der Waals surface area (Å²) in [6.07, 6.45) is 1.77. The second-order valence-electron chi connectivity index (χ2n) is 4.72. The molecule has 0 radical (unpaired) electrons. The zero-order valence-corrected chi connectivity index (χ0v) is 11.3. The fourth-order valence-electron chi connectivity index (χ4n) is 2.18. The Kier molecular flexibility index (Phi) is 3.86. The highest BCUT2D eigenvalue weighted by molar-refractivity contribution is 6.58. The first-order valence-electron chi connectivity index (χ1n) is 6.65. The molecular weight excluding hydrogens is 265 g/mol. The number of fused-ring (bicyclic) bond motifs is 1. The fraction of sp³-hybridized carbons (Fsp3) is 0.0625. The Bertz CT molecular complexity index is 739. The van der Waals surface area contributed by atoms with Crippen molar-refractivity contribution >= 4 is 23.5 Å². The molecule has 1 aromatic heterocycles. The van der Waals surface area contributed by atoms with Gasteiger partial charge in [-0.05, 0) is 29.7 Å². The van der Waals surface area contributed by atoms with Crippen molar-refractivity contribution in [2.75, 3.05) is 0 Å². The summed E-state index contributed by atoms with van der Waals surface area (Å²) in [5.74, 6) is 0.681. The largest absolute Gasteiger partial charge is 0.489 e. The number of hydrogen-bond donors (Lipinski definition) is 2. The molecule has 3 rings (SSSR count). The maximum Gasteiger partial charge on any atom is 0.488 e. The van der Waals surface area contributed by atoms with Gasteiger partial charge in [0.05, 0.1) is 5.52 Å². The summed E-state index contributed by atoms with van der Waals surface area (Å²) in [6.45, 7) is 0.435. The molecule has 1 heterocycles. The normalized spacial score (nSPS) is 10.6. The predicted molar refractivity (Wildman–Crippen MR) is 82.3 cm³/mol. The Morgan fingerprint density at radius 1 is 0.952 bits per heavy atom. The van der Waals surface area contributed by atoms with Crippen LogP contribution in [0, 0.1) is 0 Å². The molecule has 104 valence electrons. The number of nitrogens with zero attached hydrogens (tertiary/aromatic N) is 1. The molecule has 0 saturated heterocycles. The summed E-state index contributed by atoms with van der Waals surface area (Å²) in [5, 5.41) is 19.2. The van der Waals surface area contributed by atoms with Gasteiger partial charge in [-0.3, -0.25) is 4.98 Å². The summed E-state index contributed by atoms with van der Waals surface area (Å²) in [4.78, 5) is 4.32. The molecule has 2 aromatic carbocycles. The molecule has 0 fully saturated rings. The summed E-state index contributed by atoms with van der Waals surface area (Å²) in [6, 6.07) is 16.6. The molecule has 0 aliphatic carbocycles. The van der Waals surface area contributed by atoms with Gasteiger partial charge in [0.15, 0.2) is 0 Å². The molecule has 0 amide bonds. The molecular formula is C16H14BNO3. The van der Waals surface area contributed by atoms with E-state index in [0.29, 0.717) is 17.8 Å². The number of benzene rings is 2. The van der Waals surface area contributed by atoms with Crippen molar-refractivity contribution in [2.45, 2.75) is 6.61 Å². The van der Waals surface area contributed by atoms with Crippen LogP contribution in [0.15, 0.2) is 60.8 Å². The van der Waals surface area contributed by atoms with E-state index >= 15 is 0 Å². The highest BCUT2D eigenvalue weighted by Gasteiger charge is 2.10. The van der Waals surface area contributed by atoms with Gasteiger partial charge in [-0.25, -0.2) is 0 Å². The van der Waals surface area contributed by atoms with Crippen molar-refractivity contribution in [2.24, 2.45) is 0 Å². The molecule has 2 N–H and O–H groups in total. The lowest BCUT2D eigenvalue weighted by Gasteiger charge is -2.09. The summed E-state index contributed by atoms with van der Waals surface area (Å²) in [7, 11) is -1.46. The van der Waals surface area contributed by atoms with E-state index in [0.717, 1.165) is 16.5 Å². The van der Waals surface area contributed by atoms with Crippen LogP contribution in [-0.4, -0.2) is 22.2 Å². The Balaban J connectivity index is 1.77. The van der Waals surface area contributed by atoms with Gasteiger partial charge in [-0.15, -0.1) is 0 Å². The molecule has 0 saturated carbocycles. The number of hydrogen-bond acceptors (Lipinski definition) is 4. The van der Waals surface area contributed by atoms with Gasteiger partial charge in [0.1, 0.15) is 12.4 Å². The molecule has 0 atom stereocenters. The summed E-state index contributed by atoms with van der Waals surface area (Å²) in [5.41, 5.74) is 2.45. The molecule has 0 bridgehead atoms. The topological polar surface area (TPSA) is 62.6 Å². The van der Waals surface area contributed by atoms with Crippen molar-refractivity contribution in [3.63, 3.8) is 0 Å². The van der Waals surface area contributed by atoms with Crippen LogP contribution < -0.4 is 10.2 Å². The van der Waals surface area contributed by atoms with Crippen LogP contribution in [0.5, 0.6) is 5.75 Å². The Labute approximate surface area is 122 Å². The number of para-hydroxylation sites is 1. The Hall–Kier alpha value is -2.37. The summed E-state index contributed by atoms with van der Waals surface area (Å²) >= 11 is 0. The molecule has 21 heavy (non-hydrogen) atoms. The van der Waals surface area contributed by atoms with Crippen molar-refractivity contribution < 1.29 is 14.8 Å². The van der Waals surface area contributed by atoms with E-state index in [4.69, 9.17) is 14.8 Å². The maximum absolute atomic E-state index is 9.05. The van der Waals surface area contributed by atoms with Crippen molar-refractivity contribution in [1.82, 2.24) is 4.98 Å². The number of ether oxygens (including phenoxy) is 1. The molecule has 0 spiro atoms. The zero-order valence-electron chi connectivity index (χ0n) is 11.3. The van der Waals surface area contributed by atoms with Gasteiger partial charge in [-0.1, -0.05) is 30.3 Å². The minimum absolute atomic E-state index is 0.435. The van der Waals surface area contributed by atoms with Gasteiger partial charge < -0.3 is 14.8 Å². The van der Waals surface area contributed by atoms with Crippen LogP contribution >= 0.6 is 0 Å². The van der Waals surface area contributed by atoms with E-state index in [1.165, 1.54) is 0 Å². The van der Waals surface area contributed by atoms with E-state index in [2.05, 4.69) is 4.98 Å². The lowest BCUT2D eigenvalue weighted by Crippen LogP contribution is -2.29. The lowest BCUT2D eigenvalue weighted by atomic mass is 9.80. The van der Waals surface area contributed by atoms with Crippen LogP contribution in [-0.2, 0) is 6.61 Å². The van der Waals surface area contributed by atoms with Crippen LogP contribution in [0.4, 0.5) is 0 Å². The van der Waals surface area contributed by atoms with E-state index < -0.39 is 7.12 Å². The highest BCUT2D eigenvalue weighted by Crippen LogP contribution is 2.18. The standard InChI is InChI=1S/C16H14BNO3/c19-17(20)13-5-7-14(8-6-13)21-11-12-9-10-18-16-4-2-1-3-15(12)16/h1-10,19-20H,11H2. The Morgan fingerprint density at radius 3 is 2.48 bits per heavy atom. The minimum Gasteiger partial charge on any atom is -0.489 e. The molecule has 3 aromatic rings. The van der Waals surface area contributed by atoms with Crippen LogP contribution in [0.1, 0.15) is 5.56 Å². The van der Waals surface area contributed by atoms with Crippen molar-refractivity contribution in [1.29, 1.82) is 0 Å². The fourth-order valence-corrected chi connectivity index (χ4v) is 2.18. The summed E-state index contributed by atoms with van der Waals surface area (Å²) < 4.78 is 5.74. The average Bonchev–Trinajstić information content (AvgIpc) is 2.53. The molecule has 0 aliphatic heterocycles. The van der Waals surface area contributed by atoms with Crippen molar-refractivity contribution in [3.8, 4) is 5.75 Å². The average molecular weight is 279 g/mol. The SMILES string of the molecule is OB(O)c1ccc(OCc2ccnc3ccccc23)cc1. The molecule has 4 nitrogen and oxygen atoms in total. The van der Waals surface area contributed by atoms with Gasteiger partial charge in [0.2, 0.25) is 0 Å². The third kappa shape index (κ3) is 3.04. The van der Waals surface area contributed by atoms with Gasteiger partial charge >= 0.3 is 7.12 Å². The Morgan fingerprint density at radius 2 is 1.71 bits per heavy atom. The number of aromatic nitrogens is 1. The molecule has 5 heteroatoms. The second kappa shape index (κ2) is 5.95. The predicted octanol–water partition coefficient (Wildman–Crippen LogP) is 1.49. The zero-order chi connectivity index (χ0) is 14.7.